The van der Waals surface area contributed by atoms with Crippen LogP contribution >= 0.6 is 15.9 Å². The zero-order chi connectivity index (χ0) is 8.27. The van der Waals surface area contributed by atoms with Gasteiger partial charge < -0.3 is 4.55 Å². The summed E-state index contributed by atoms with van der Waals surface area (Å²) in [5.74, 6) is 0. The lowest BCUT2D eigenvalue weighted by molar-refractivity contribution is 0.594. The van der Waals surface area contributed by atoms with Crippen LogP contribution in [-0.4, -0.2) is 8.71 Å². The summed E-state index contributed by atoms with van der Waals surface area (Å²) in [5.41, 5.74) is 0. The Labute approximate surface area is 78.1 Å². The van der Waals surface area contributed by atoms with Gasteiger partial charge >= 0.3 is 0 Å². The van der Waals surface area contributed by atoms with E-state index in [1.165, 1.54) is 0 Å². The van der Waals surface area contributed by atoms with Crippen molar-refractivity contribution >= 4 is 27.1 Å². The minimum absolute atomic E-state index is 0.0184. The molecule has 60 valence electrons. The third-order valence-corrected chi connectivity index (χ3v) is 3.62. The maximum atomic E-state index is 11.4. The van der Waals surface area contributed by atoms with Crippen molar-refractivity contribution in [1.82, 2.24) is 0 Å². The maximum absolute atomic E-state index is 11.4. The minimum Gasteiger partial charge on any atom is -0.611 e. The molecule has 0 aliphatic carbocycles. The standard InChI is InChI=1S/C8H9BrOS/c1-7(9)11(10)8-5-3-2-4-6-8/h2-7H,1H3. The zero-order valence-electron chi connectivity index (χ0n) is 6.16. The van der Waals surface area contributed by atoms with Crippen LogP contribution in [-0.2, 0) is 11.2 Å². The van der Waals surface area contributed by atoms with Crippen molar-refractivity contribution in [3.8, 4) is 0 Å². The lowest BCUT2D eigenvalue weighted by Gasteiger charge is -2.11. The molecule has 1 aromatic rings. The summed E-state index contributed by atoms with van der Waals surface area (Å²) in [4.78, 5) is 0.872. The Morgan fingerprint density at radius 3 is 2.36 bits per heavy atom. The van der Waals surface area contributed by atoms with E-state index in [0.29, 0.717) is 0 Å². The topological polar surface area (TPSA) is 23.1 Å². The van der Waals surface area contributed by atoms with Crippen LogP contribution in [0.25, 0.3) is 0 Å². The molecule has 3 heteroatoms. The van der Waals surface area contributed by atoms with Gasteiger partial charge in [-0.25, -0.2) is 0 Å². The van der Waals surface area contributed by atoms with Gasteiger partial charge in [0.15, 0.2) is 9.05 Å². The molecule has 1 aromatic carbocycles. The zero-order valence-corrected chi connectivity index (χ0v) is 8.56. The Kier molecular flexibility index (Phi) is 3.43. The molecular weight excluding hydrogens is 224 g/mol. The van der Waals surface area contributed by atoms with Gasteiger partial charge in [0.05, 0.1) is 0 Å². The van der Waals surface area contributed by atoms with Gasteiger partial charge in [-0.3, -0.25) is 0 Å². The first-order chi connectivity index (χ1) is 5.22. The first kappa shape index (κ1) is 9.10. The van der Waals surface area contributed by atoms with Crippen LogP contribution in [0.5, 0.6) is 0 Å². The van der Waals surface area contributed by atoms with Crippen molar-refractivity contribution < 1.29 is 4.55 Å². The quantitative estimate of drug-likeness (QED) is 0.568. The summed E-state index contributed by atoms with van der Waals surface area (Å²) >= 11 is 2.36. The average Bonchev–Trinajstić information content (AvgIpc) is 2.05. The lowest BCUT2D eigenvalue weighted by Crippen LogP contribution is -2.10. The number of hydrogen-bond acceptors (Lipinski definition) is 1. The highest BCUT2D eigenvalue weighted by atomic mass is 79.9. The van der Waals surface area contributed by atoms with E-state index in [1.807, 2.05) is 37.3 Å². The Bertz CT molecular complexity index is 213. The molecule has 0 heterocycles. The van der Waals surface area contributed by atoms with Crippen LogP contribution in [0.1, 0.15) is 6.92 Å². The largest absolute Gasteiger partial charge is 0.611 e. The SMILES string of the molecule is CC(Br)[S+]([O-])c1ccccc1. The average molecular weight is 233 g/mol. The highest BCUT2D eigenvalue weighted by molar-refractivity contribution is 9.11. The number of benzene rings is 1. The minimum atomic E-state index is -0.918. The van der Waals surface area contributed by atoms with E-state index >= 15 is 0 Å². The molecule has 0 saturated carbocycles. The van der Waals surface area contributed by atoms with Crippen LogP contribution in [0.3, 0.4) is 0 Å². The molecule has 1 rings (SSSR count). The Morgan fingerprint density at radius 1 is 1.36 bits per heavy atom. The molecule has 0 bridgehead atoms. The number of rotatable bonds is 2. The number of alkyl halides is 1. The summed E-state index contributed by atoms with van der Waals surface area (Å²) in [5, 5.41) is 0. The van der Waals surface area contributed by atoms with Gasteiger partial charge in [0.1, 0.15) is 0 Å². The fourth-order valence-electron chi connectivity index (χ4n) is 0.742. The number of hydrogen-bond donors (Lipinski definition) is 0. The monoisotopic (exact) mass is 232 g/mol. The van der Waals surface area contributed by atoms with E-state index in [0.717, 1.165) is 4.90 Å². The van der Waals surface area contributed by atoms with Crippen molar-refractivity contribution in [2.45, 2.75) is 16.0 Å². The molecule has 0 N–H and O–H groups in total. The van der Waals surface area contributed by atoms with Crippen molar-refractivity contribution in [1.29, 1.82) is 0 Å². The smallest absolute Gasteiger partial charge is 0.171 e. The van der Waals surface area contributed by atoms with E-state index in [1.54, 1.807) is 0 Å². The first-order valence-corrected chi connectivity index (χ1v) is 5.44. The molecule has 2 unspecified atom stereocenters. The second-order valence-corrected chi connectivity index (χ2v) is 5.91. The molecule has 0 fully saturated rings. The van der Waals surface area contributed by atoms with Gasteiger partial charge in [0.2, 0.25) is 0 Å². The summed E-state index contributed by atoms with van der Waals surface area (Å²) < 4.78 is 11.4. The van der Waals surface area contributed by atoms with E-state index in [9.17, 15) is 4.55 Å². The van der Waals surface area contributed by atoms with Gasteiger partial charge in [0.25, 0.3) is 0 Å². The predicted molar refractivity (Wildman–Crippen MR) is 51.2 cm³/mol. The molecule has 0 amide bonds. The molecular formula is C8H9BrOS. The molecule has 0 aliphatic heterocycles. The molecule has 0 spiro atoms. The van der Waals surface area contributed by atoms with E-state index < -0.39 is 11.2 Å². The summed E-state index contributed by atoms with van der Waals surface area (Å²) in [6.45, 7) is 1.88. The Hall–Kier alpha value is 0.01000. The summed E-state index contributed by atoms with van der Waals surface area (Å²) in [7, 11) is 0. The molecule has 0 aromatic heterocycles. The van der Waals surface area contributed by atoms with Gasteiger partial charge in [-0.05, 0) is 46.2 Å². The van der Waals surface area contributed by atoms with Crippen molar-refractivity contribution in [3.63, 3.8) is 0 Å². The highest BCUT2D eigenvalue weighted by Gasteiger charge is 2.15. The molecule has 11 heavy (non-hydrogen) atoms. The van der Waals surface area contributed by atoms with Crippen LogP contribution in [0.15, 0.2) is 35.2 Å². The van der Waals surface area contributed by atoms with E-state index in [4.69, 9.17) is 0 Å². The fourth-order valence-corrected chi connectivity index (χ4v) is 2.19. The van der Waals surface area contributed by atoms with Crippen molar-refractivity contribution in [2.75, 3.05) is 0 Å². The fraction of sp³-hybridized carbons (Fsp3) is 0.250. The normalized spacial score (nSPS) is 15.9. The van der Waals surface area contributed by atoms with E-state index in [2.05, 4.69) is 15.9 Å². The van der Waals surface area contributed by atoms with Crippen LogP contribution in [0, 0.1) is 0 Å². The van der Waals surface area contributed by atoms with Crippen molar-refractivity contribution in [3.05, 3.63) is 30.3 Å². The summed E-state index contributed by atoms with van der Waals surface area (Å²) in [6.07, 6.45) is 0. The first-order valence-electron chi connectivity index (χ1n) is 3.31. The van der Waals surface area contributed by atoms with Gasteiger partial charge in [-0.2, -0.15) is 0 Å². The molecule has 2 atom stereocenters. The molecule has 0 aliphatic rings. The molecule has 0 saturated heterocycles. The van der Waals surface area contributed by atoms with E-state index in [-0.39, 0.29) is 4.16 Å². The van der Waals surface area contributed by atoms with Gasteiger partial charge in [-0.15, -0.1) is 0 Å². The van der Waals surface area contributed by atoms with Gasteiger partial charge in [-0.1, -0.05) is 18.2 Å². The van der Waals surface area contributed by atoms with Crippen LogP contribution in [0.2, 0.25) is 0 Å². The third kappa shape index (κ3) is 2.51. The van der Waals surface area contributed by atoms with Crippen LogP contribution in [0.4, 0.5) is 0 Å². The maximum Gasteiger partial charge on any atom is 0.171 e. The van der Waals surface area contributed by atoms with Gasteiger partial charge in [0, 0.05) is 0 Å². The second-order valence-electron chi connectivity index (χ2n) is 2.15. The molecule has 0 radical (unpaired) electrons. The number of halogens is 1. The third-order valence-electron chi connectivity index (χ3n) is 1.27. The lowest BCUT2D eigenvalue weighted by atomic mass is 10.4. The molecule has 1 nitrogen and oxygen atoms in total. The van der Waals surface area contributed by atoms with Crippen LogP contribution < -0.4 is 0 Å². The summed E-state index contributed by atoms with van der Waals surface area (Å²) in [6, 6.07) is 9.44. The second kappa shape index (κ2) is 4.14. The Balaban J connectivity index is 2.77. The predicted octanol–water partition coefficient (Wildman–Crippen LogP) is 2.54. The highest BCUT2D eigenvalue weighted by Crippen LogP contribution is 2.18. The Morgan fingerprint density at radius 2 is 1.91 bits per heavy atom. The van der Waals surface area contributed by atoms with Crippen molar-refractivity contribution in [2.24, 2.45) is 0 Å².